The topological polar surface area (TPSA) is 58.2 Å². The van der Waals surface area contributed by atoms with Crippen LogP contribution in [0.3, 0.4) is 0 Å². The first-order chi connectivity index (χ1) is 13.6. The number of quaternary nitrogens is 1. The van der Waals surface area contributed by atoms with E-state index in [2.05, 4.69) is 34.6 Å². The van der Waals surface area contributed by atoms with Gasteiger partial charge in [-0.2, -0.15) is 0 Å². The fraction of sp³-hybridized carbons (Fsp3) is 0.696. The van der Waals surface area contributed by atoms with Crippen molar-refractivity contribution in [3.63, 3.8) is 0 Å². The second kappa shape index (κ2) is 7.34. The number of anilines is 2. The third kappa shape index (κ3) is 3.67. The quantitative estimate of drug-likeness (QED) is 0.820. The van der Waals surface area contributed by atoms with Crippen molar-refractivity contribution >= 4 is 17.3 Å². The van der Waals surface area contributed by atoms with Crippen LogP contribution < -0.4 is 15.5 Å². The highest BCUT2D eigenvalue weighted by Crippen LogP contribution is 2.54. The zero-order valence-electron chi connectivity index (χ0n) is 17.0. The fourth-order valence-electron chi connectivity index (χ4n) is 6.82. The van der Waals surface area contributed by atoms with E-state index >= 15 is 0 Å². The Kier molecular flexibility index (Phi) is 4.84. The van der Waals surface area contributed by atoms with Crippen molar-refractivity contribution in [3.8, 4) is 0 Å². The van der Waals surface area contributed by atoms with E-state index in [1.54, 1.807) is 0 Å². The number of nitrogens with one attached hydrogen (secondary N) is 1. The third-order valence-corrected chi connectivity index (χ3v) is 7.61. The van der Waals surface area contributed by atoms with E-state index < -0.39 is 0 Å². The zero-order chi connectivity index (χ0) is 19.1. The lowest BCUT2D eigenvalue weighted by atomic mass is 9.53. The van der Waals surface area contributed by atoms with Gasteiger partial charge < -0.3 is 20.3 Å². The van der Waals surface area contributed by atoms with Crippen LogP contribution in [0.25, 0.3) is 0 Å². The number of ether oxygens (including phenoxy) is 1. The van der Waals surface area contributed by atoms with Crippen LogP contribution in [0, 0.1) is 17.8 Å². The van der Waals surface area contributed by atoms with Crippen LogP contribution in [0.5, 0.6) is 0 Å². The Morgan fingerprint density at radius 2 is 1.64 bits per heavy atom. The lowest BCUT2D eigenvalue weighted by Gasteiger charge is -2.55. The molecule has 152 valence electrons. The fourth-order valence-corrected chi connectivity index (χ4v) is 6.82. The first-order valence-electron chi connectivity index (χ1n) is 11.2. The number of nitrogens with two attached hydrogens (primary N) is 1. The second-order valence-corrected chi connectivity index (χ2v) is 9.87. The van der Waals surface area contributed by atoms with Crippen LogP contribution >= 0.6 is 0 Å². The molecular formula is C23H34N3O2+. The minimum absolute atomic E-state index is 0.0323. The standard InChI is InChI=1S/C23H33N3O2/c1-16(25-23-13-17-10-18(14-23)12-19(11-17)15-23)22(27)24-20-2-4-21(5-3-20)26-6-8-28-9-7-26/h2-5,16-19,25H,6-15H2,1H3,(H,24,27)/p+1/t16-,17?,18?,19?,23?/m0/s1. The SMILES string of the molecule is C[C@H]([NH2+]C12CC3CC(CC(C3)C1)C2)C(=O)Nc1ccc(N2CCOCC2)cc1. The molecule has 0 aromatic heterocycles. The van der Waals surface area contributed by atoms with Gasteiger partial charge in [0.15, 0.2) is 6.04 Å². The summed E-state index contributed by atoms with van der Waals surface area (Å²) in [6.07, 6.45) is 8.32. The molecule has 6 rings (SSSR count). The maximum absolute atomic E-state index is 12.9. The van der Waals surface area contributed by atoms with E-state index in [1.165, 1.54) is 44.2 Å². The van der Waals surface area contributed by atoms with Crippen molar-refractivity contribution < 1.29 is 14.8 Å². The molecule has 3 N–H and O–H groups in total. The van der Waals surface area contributed by atoms with E-state index in [9.17, 15) is 4.79 Å². The van der Waals surface area contributed by atoms with Gasteiger partial charge in [-0.15, -0.1) is 0 Å². The van der Waals surface area contributed by atoms with E-state index in [0.717, 1.165) is 49.7 Å². The highest BCUT2D eigenvalue weighted by Gasteiger charge is 2.54. The summed E-state index contributed by atoms with van der Waals surface area (Å²) >= 11 is 0. The van der Waals surface area contributed by atoms with Gasteiger partial charge in [-0.3, -0.25) is 4.79 Å². The Labute approximate surface area is 168 Å². The van der Waals surface area contributed by atoms with Crippen molar-refractivity contribution in [1.82, 2.24) is 0 Å². The molecule has 5 aliphatic rings. The first-order valence-corrected chi connectivity index (χ1v) is 11.2. The summed E-state index contributed by atoms with van der Waals surface area (Å²) in [6, 6.07) is 8.23. The molecule has 28 heavy (non-hydrogen) atoms. The van der Waals surface area contributed by atoms with Crippen LogP contribution in [0.15, 0.2) is 24.3 Å². The molecule has 4 saturated carbocycles. The van der Waals surface area contributed by atoms with E-state index in [1.807, 2.05) is 12.1 Å². The van der Waals surface area contributed by atoms with Crippen LogP contribution in [0.4, 0.5) is 11.4 Å². The lowest BCUT2D eigenvalue weighted by molar-refractivity contribution is -0.754. The van der Waals surface area contributed by atoms with Crippen molar-refractivity contribution in [2.75, 3.05) is 36.5 Å². The Balaban J connectivity index is 1.18. The van der Waals surface area contributed by atoms with Gasteiger partial charge in [0.1, 0.15) is 0 Å². The number of benzene rings is 1. The van der Waals surface area contributed by atoms with Gasteiger partial charge in [-0.05, 0) is 68.2 Å². The summed E-state index contributed by atoms with van der Waals surface area (Å²) in [5, 5.41) is 5.57. The van der Waals surface area contributed by atoms with E-state index in [0.29, 0.717) is 5.54 Å². The summed E-state index contributed by atoms with van der Waals surface area (Å²) in [6.45, 7) is 5.52. The number of amides is 1. The van der Waals surface area contributed by atoms with Crippen molar-refractivity contribution in [3.05, 3.63) is 24.3 Å². The van der Waals surface area contributed by atoms with Crippen LogP contribution in [0.2, 0.25) is 0 Å². The highest BCUT2D eigenvalue weighted by atomic mass is 16.5. The third-order valence-electron chi connectivity index (χ3n) is 7.61. The summed E-state index contributed by atoms with van der Waals surface area (Å²) in [4.78, 5) is 15.2. The normalized spacial score (nSPS) is 35.0. The molecule has 0 spiro atoms. The molecular weight excluding hydrogens is 350 g/mol. The molecule has 4 bridgehead atoms. The highest BCUT2D eigenvalue weighted by molar-refractivity contribution is 5.93. The average molecular weight is 385 g/mol. The summed E-state index contributed by atoms with van der Waals surface area (Å²) < 4.78 is 5.42. The minimum atomic E-state index is -0.0323. The molecule has 1 aromatic rings. The number of nitrogens with zero attached hydrogens (tertiary/aromatic N) is 1. The van der Waals surface area contributed by atoms with Crippen LogP contribution in [-0.2, 0) is 9.53 Å². The number of carbonyl (C=O) groups is 1. The van der Waals surface area contributed by atoms with Gasteiger partial charge in [-0.1, -0.05) is 0 Å². The largest absolute Gasteiger partial charge is 0.378 e. The minimum Gasteiger partial charge on any atom is -0.378 e. The van der Waals surface area contributed by atoms with Crippen LogP contribution in [0.1, 0.15) is 45.4 Å². The zero-order valence-corrected chi connectivity index (χ0v) is 17.0. The van der Waals surface area contributed by atoms with Crippen molar-refractivity contribution in [2.45, 2.75) is 57.0 Å². The molecule has 1 aromatic carbocycles. The molecule has 5 fully saturated rings. The molecule has 0 radical (unpaired) electrons. The predicted octanol–water partition coefficient (Wildman–Crippen LogP) is 2.38. The number of hydrogen-bond acceptors (Lipinski definition) is 3. The monoisotopic (exact) mass is 384 g/mol. The average Bonchev–Trinajstić information content (AvgIpc) is 2.68. The smallest absolute Gasteiger partial charge is 0.282 e. The predicted molar refractivity (Wildman–Crippen MR) is 110 cm³/mol. The molecule has 5 heteroatoms. The maximum atomic E-state index is 12.9. The number of carbonyl (C=O) groups excluding carboxylic acids is 1. The maximum Gasteiger partial charge on any atom is 0.282 e. The Morgan fingerprint density at radius 1 is 1.07 bits per heavy atom. The van der Waals surface area contributed by atoms with Gasteiger partial charge in [-0.25, -0.2) is 0 Å². The molecule has 4 aliphatic carbocycles. The summed E-state index contributed by atoms with van der Waals surface area (Å²) in [5.74, 6) is 2.90. The van der Waals surface area contributed by atoms with Gasteiger partial charge in [0.25, 0.3) is 5.91 Å². The van der Waals surface area contributed by atoms with Gasteiger partial charge in [0, 0.05) is 43.7 Å². The number of rotatable bonds is 5. The number of hydrogen-bond donors (Lipinski definition) is 2. The van der Waals surface area contributed by atoms with Gasteiger partial charge in [0.05, 0.1) is 18.8 Å². The molecule has 1 atom stereocenters. The van der Waals surface area contributed by atoms with Gasteiger partial charge >= 0.3 is 0 Å². The lowest BCUT2D eigenvalue weighted by Crippen LogP contribution is -3.03. The Bertz CT molecular complexity index is 676. The molecule has 1 amide bonds. The molecule has 0 unspecified atom stereocenters. The van der Waals surface area contributed by atoms with E-state index in [-0.39, 0.29) is 11.9 Å². The van der Waals surface area contributed by atoms with Crippen molar-refractivity contribution in [1.29, 1.82) is 0 Å². The van der Waals surface area contributed by atoms with Crippen molar-refractivity contribution in [2.24, 2.45) is 17.8 Å². The Hall–Kier alpha value is -1.59. The number of morpholine rings is 1. The first kappa shape index (κ1) is 18.4. The van der Waals surface area contributed by atoms with Crippen LogP contribution in [-0.4, -0.2) is 43.8 Å². The molecule has 5 nitrogen and oxygen atoms in total. The second-order valence-electron chi connectivity index (χ2n) is 9.87. The summed E-state index contributed by atoms with van der Waals surface area (Å²) in [7, 11) is 0. The Morgan fingerprint density at radius 3 is 2.21 bits per heavy atom. The molecule has 1 heterocycles. The molecule has 1 saturated heterocycles. The van der Waals surface area contributed by atoms with Gasteiger partial charge in [0.2, 0.25) is 0 Å². The van der Waals surface area contributed by atoms with E-state index in [4.69, 9.17) is 4.74 Å². The molecule has 1 aliphatic heterocycles. The summed E-state index contributed by atoms with van der Waals surface area (Å²) in [5.41, 5.74) is 2.44.